The van der Waals surface area contributed by atoms with Gasteiger partial charge in [-0.25, -0.2) is 0 Å². The molecule has 0 saturated carbocycles. The molecule has 1 unspecified atom stereocenters. The number of benzene rings is 3. The third-order valence-corrected chi connectivity index (χ3v) is 6.28. The van der Waals surface area contributed by atoms with Gasteiger partial charge < -0.3 is 9.15 Å². The molecule has 5 rings (SSSR count). The molecular weight excluding hydrogens is 384 g/mol. The first-order chi connectivity index (χ1) is 14.5. The fourth-order valence-corrected chi connectivity index (χ4v) is 4.50. The molecule has 0 N–H and O–H groups in total. The van der Waals surface area contributed by atoms with E-state index in [9.17, 15) is 4.79 Å². The van der Waals surface area contributed by atoms with Crippen LogP contribution < -0.4 is 4.74 Å². The van der Waals surface area contributed by atoms with Gasteiger partial charge in [0.1, 0.15) is 22.8 Å². The maximum atomic E-state index is 13.2. The summed E-state index contributed by atoms with van der Waals surface area (Å²) < 4.78 is 11.9. The third-order valence-electron chi connectivity index (χ3n) is 6.28. The standard InChI is InChI=1S/C28H28O3/c1-27(2,3)17-14-20-24(26(29)31-25(20)21(15-17)28(4,5)6)16-11-12-23-19(13-16)18-9-7-8-10-22(18)30-23/h7-15,24H,1-6H3. The molecule has 0 bridgehead atoms. The van der Waals surface area contributed by atoms with Gasteiger partial charge in [-0.1, -0.05) is 77.9 Å². The van der Waals surface area contributed by atoms with Crippen LogP contribution in [0.2, 0.25) is 0 Å². The minimum absolute atomic E-state index is 0.0318. The maximum Gasteiger partial charge on any atom is 0.323 e. The van der Waals surface area contributed by atoms with Crippen LogP contribution in [0.1, 0.15) is 69.7 Å². The van der Waals surface area contributed by atoms with Gasteiger partial charge in [-0.2, -0.15) is 0 Å². The summed E-state index contributed by atoms with van der Waals surface area (Å²) in [6, 6.07) is 18.4. The topological polar surface area (TPSA) is 39.4 Å². The summed E-state index contributed by atoms with van der Waals surface area (Å²) in [4.78, 5) is 13.2. The molecule has 3 heteroatoms. The fourth-order valence-electron chi connectivity index (χ4n) is 4.50. The normalized spacial score (nSPS) is 16.7. The molecular formula is C28H28O3. The molecule has 1 atom stereocenters. The Labute approximate surface area is 183 Å². The van der Waals surface area contributed by atoms with Gasteiger partial charge >= 0.3 is 5.97 Å². The van der Waals surface area contributed by atoms with E-state index in [0.717, 1.165) is 44.4 Å². The van der Waals surface area contributed by atoms with Gasteiger partial charge in [0.2, 0.25) is 0 Å². The van der Waals surface area contributed by atoms with Crippen LogP contribution in [-0.4, -0.2) is 5.97 Å². The third kappa shape index (κ3) is 3.15. The van der Waals surface area contributed by atoms with E-state index < -0.39 is 5.92 Å². The number of esters is 1. The van der Waals surface area contributed by atoms with Crippen molar-refractivity contribution in [3.8, 4) is 5.75 Å². The van der Waals surface area contributed by atoms with E-state index in [-0.39, 0.29) is 16.8 Å². The first-order valence-corrected chi connectivity index (χ1v) is 10.9. The summed E-state index contributed by atoms with van der Waals surface area (Å²) in [5.74, 6) is 0.0859. The highest BCUT2D eigenvalue weighted by Gasteiger charge is 2.39. The van der Waals surface area contributed by atoms with Crippen LogP contribution in [-0.2, 0) is 15.6 Å². The number of rotatable bonds is 1. The molecule has 1 aliphatic rings. The lowest BCUT2D eigenvalue weighted by Gasteiger charge is -2.27. The van der Waals surface area contributed by atoms with Crippen molar-refractivity contribution >= 4 is 27.9 Å². The van der Waals surface area contributed by atoms with Gasteiger partial charge in [0.25, 0.3) is 0 Å². The van der Waals surface area contributed by atoms with Crippen LogP contribution in [0.15, 0.2) is 59.0 Å². The predicted molar refractivity (Wildman–Crippen MR) is 125 cm³/mol. The van der Waals surface area contributed by atoms with Gasteiger partial charge in [-0.3, -0.25) is 4.79 Å². The number of hydrogen-bond donors (Lipinski definition) is 0. The highest BCUT2D eigenvalue weighted by molar-refractivity contribution is 6.05. The zero-order chi connectivity index (χ0) is 22.1. The molecule has 3 aromatic carbocycles. The molecule has 31 heavy (non-hydrogen) atoms. The molecule has 0 saturated heterocycles. The minimum Gasteiger partial charge on any atom is -0.456 e. The number of furan rings is 1. The smallest absolute Gasteiger partial charge is 0.323 e. The lowest BCUT2D eigenvalue weighted by atomic mass is 9.77. The number of ether oxygens (including phenoxy) is 1. The van der Waals surface area contributed by atoms with E-state index in [1.165, 1.54) is 5.56 Å². The zero-order valence-electron chi connectivity index (χ0n) is 19.0. The molecule has 1 aliphatic heterocycles. The van der Waals surface area contributed by atoms with E-state index >= 15 is 0 Å². The van der Waals surface area contributed by atoms with E-state index in [1.807, 2.05) is 30.3 Å². The lowest BCUT2D eigenvalue weighted by molar-refractivity contribution is -0.133. The quantitative estimate of drug-likeness (QED) is 0.244. The van der Waals surface area contributed by atoms with Crippen molar-refractivity contribution in [2.24, 2.45) is 0 Å². The van der Waals surface area contributed by atoms with Crippen molar-refractivity contribution in [3.63, 3.8) is 0 Å². The van der Waals surface area contributed by atoms with Crippen LogP contribution in [0.5, 0.6) is 5.75 Å². The summed E-state index contributed by atoms with van der Waals surface area (Å²) in [6.45, 7) is 13.1. The highest BCUT2D eigenvalue weighted by Crippen LogP contribution is 2.47. The molecule has 158 valence electrons. The van der Waals surface area contributed by atoms with E-state index in [2.05, 4.69) is 65.8 Å². The monoisotopic (exact) mass is 412 g/mol. The Morgan fingerprint density at radius 1 is 0.774 bits per heavy atom. The van der Waals surface area contributed by atoms with Crippen LogP contribution in [0, 0.1) is 0 Å². The second kappa shape index (κ2) is 6.46. The lowest BCUT2D eigenvalue weighted by Crippen LogP contribution is -2.17. The second-order valence-electron chi connectivity index (χ2n) is 10.7. The van der Waals surface area contributed by atoms with Crippen molar-refractivity contribution in [3.05, 3.63) is 76.9 Å². The average Bonchev–Trinajstić information content (AvgIpc) is 3.21. The fraction of sp³-hybridized carbons (Fsp3) is 0.321. The minimum atomic E-state index is -0.434. The first-order valence-electron chi connectivity index (χ1n) is 10.9. The van der Waals surface area contributed by atoms with Crippen molar-refractivity contribution in [1.82, 2.24) is 0 Å². The number of hydrogen-bond acceptors (Lipinski definition) is 3. The molecule has 4 aromatic rings. The van der Waals surface area contributed by atoms with E-state index in [4.69, 9.17) is 9.15 Å². The van der Waals surface area contributed by atoms with Crippen LogP contribution in [0.4, 0.5) is 0 Å². The average molecular weight is 413 g/mol. The van der Waals surface area contributed by atoms with Gasteiger partial charge in [0.15, 0.2) is 0 Å². The largest absolute Gasteiger partial charge is 0.456 e. The Bertz CT molecular complexity index is 1340. The summed E-state index contributed by atoms with van der Waals surface area (Å²) >= 11 is 0. The zero-order valence-corrected chi connectivity index (χ0v) is 19.0. The molecule has 0 aliphatic carbocycles. The second-order valence-corrected chi connectivity index (χ2v) is 10.7. The summed E-state index contributed by atoms with van der Waals surface area (Å²) in [5.41, 5.74) is 5.73. The number of fused-ring (bicyclic) bond motifs is 4. The molecule has 3 nitrogen and oxygen atoms in total. The first kappa shape index (κ1) is 19.9. The van der Waals surface area contributed by atoms with E-state index in [0.29, 0.717) is 0 Å². The summed E-state index contributed by atoms with van der Waals surface area (Å²) in [5, 5.41) is 2.09. The summed E-state index contributed by atoms with van der Waals surface area (Å²) in [6.07, 6.45) is 0. The number of carbonyl (C=O) groups excluding carboxylic acids is 1. The van der Waals surface area contributed by atoms with Gasteiger partial charge in [-0.15, -0.1) is 0 Å². The van der Waals surface area contributed by atoms with E-state index in [1.54, 1.807) is 0 Å². The number of carbonyl (C=O) groups is 1. The molecule has 0 amide bonds. The number of para-hydroxylation sites is 1. The van der Waals surface area contributed by atoms with Gasteiger partial charge in [-0.05, 0) is 40.2 Å². The molecule has 0 radical (unpaired) electrons. The Hall–Kier alpha value is -3.07. The molecule has 1 aromatic heterocycles. The summed E-state index contributed by atoms with van der Waals surface area (Å²) in [7, 11) is 0. The molecule has 0 fully saturated rings. The van der Waals surface area contributed by atoms with Crippen LogP contribution in [0.25, 0.3) is 21.9 Å². The van der Waals surface area contributed by atoms with Crippen molar-refractivity contribution in [1.29, 1.82) is 0 Å². The Kier molecular flexibility index (Phi) is 4.14. The Morgan fingerprint density at radius 3 is 2.19 bits per heavy atom. The molecule has 2 heterocycles. The van der Waals surface area contributed by atoms with Crippen molar-refractivity contribution in [2.75, 3.05) is 0 Å². The predicted octanol–water partition coefficient (Wildman–Crippen LogP) is 7.23. The maximum absolute atomic E-state index is 13.2. The van der Waals surface area contributed by atoms with Gasteiger partial charge in [0, 0.05) is 21.9 Å². The molecule has 0 spiro atoms. The van der Waals surface area contributed by atoms with Crippen LogP contribution >= 0.6 is 0 Å². The van der Waals surface area contributed by atoms with Gasteiger partial charge in [0.05, 0.1) is 0 Å². The van der Waals surface area contributed by atoms with Crippen molar-refractivity contribution in [2.45, 2.75) is 58.3 Å². The SMILES string of the molecule is CC(C)(C)c1cc2c(c(C(C)(C)C)c1)OC(=O)C2c1ccc2oc3ccccc3c2c1. The van der Waals surface area contributed by atoms with Crippen LogP contribution in [0.3, 0.4) is 0 Å². The Morgan fingerprint density at radius 2 is 1.48 bits per heavy atom. The Balaban J connectivity index is 1.74. The highest BCUT2D eigenvalue weighted by atomic mass is 16.5. The van der Waals surface area contributed by atoms with Crippen molar-refractivity contribution < 1.29 is 13.9 Å².